The summed E-state index contributed by atoms with van der Waals surface area (Å²) >= 11 is 6.60. The Morgan fingerprint density at radius 1 is 1.30 bits per heavy atom. The Morgan fingerprint density at radius 3 is 2.48 bits per heavy atom. The van der Waals surface area contributed by atoms with Gasteiger partial charge in [0.15, 0.2) is 9.84 Å². The highest BCUT2D eigenvalue weighted by Crippen LogP contribution is 2.33. The van der Waals surface area contributed by atoms with Crippen molar-refractivity contribution >= 4 is 49.7 Å². The molecule has 0 aliphatic heterocycles. The zero-order valence-corrected chi connectivity index (χ0v) is 16.8. The lowest BCUT2D eigenvalue weighted by Gasteiger charge is -2.05. The molecule has 0 radical (unpaired) electrons. The molecule has 2 aromatic rings. The highest BCUT2D eigenvalue weighted by molar-refractivity contribution is 7.92. The number of nitrogens with one attached hydrogen (secondary N) is 1. The molecule has 7 nitrogen and oxygen atoms in total. The molecule has 2 rings (SSSR count). The number of rotatable bonds is 6. The van der Waals surface area contributed by atoms with Crippen LogP contribution in [-0.2, 0) is 19.4 Å². The summed E-state index contributed by atoms with van der Waals surface area (Å²) < 4.78 is 29.6. The topological polar surface area (TPSA) is 113 Å². The molecule has 0 bridgehead atoms. The molecule has 0 spiro atoms. The van der Waals surface area contributed by atoms with Crippen LogP contribution in [0, 0.1) is 18.3 Å². The number of thiophene rings is 1. The summed E-state index contributed by atoms with van der Waals surface area (Å²) in [6.45, 7) is 3.37. The third-order valence-corrected chi connectivity index (χ3v) is 6.54. The van der Waals surface area contributed by atoms with E-state index < -0.39 is 27.5 Å². The maximum atomic E-state index is 12.3. The highest BCUT2D eigenvalue weighted by Gasteiger charge is 2.24. The quantitative estimate of drug-likeness (QED) is 0.709. The molecule has 27 heavy (non-hydrogen) atoms. The second kappa shape index (κ2) is 8.52. The van der Waals surface area contributed by atoms with Gasteiger partial charge in [-0.15, -0.1) is 11.3 Å². The number of sulfone groups is 1. The largest absolute Gasteiger partial charge is 0.462 e. The summed E-state index contributed by atoms with van der Waals surface area (Å²) in [4.78, 5) is 24.3. The van der Waals surface area contributed by atoms with E-state index in [0.29, 0.717) is 10.6 Å². The van der Waals surface area contributed by atoms with Crippen LogP contribution in [0.5, 0.6) is 0 Å². The van der Waals surface area contributed by atoms with Crippen LogP contribution in [0.4, 0.5) is 5.00 Å². The average Bonchev–Trinajstić information content (AvgIpc) is 2.90. The van der Waals surface area contributed by atoms with E-state index in [-0.39, 0.29) is 26.9 Å². The number of amides is 1. The van der Waals surface area contributed by atoms with Crippen molar-refractivity contribution in [2.24, 2.45) is 0 Å². The number of hydrogen-bond acceptors (Lipinski definition) is 7. The Balaban J connectivity index is 2.23. The van der Waals surface area contributed by atoms with Crippen molar-refractivity contribution in [2.45, 2.75) is 18.7 Å². The van der Waals surface area contributed by atoms with Gasteiger partial charge in [0.25, 0.3) is 0 Å². The summed E-state index contributed by atoms with van der Waals surface area (Å²) in [7, 11) is -3.88. The predicted octanol–water partition coefficient (Wildman–Crippen LogP) is 3.17. The molecule has 1 amide bonds. The summed E-state index contributed by atoms with van der Waals surface area (Å²) in [6, 6.07) is 7.34. The van der Waals surface area contributed by atoms with E-state index in [9.17, 15) is 23.3 Å². The van der Waals surface area contributed by atoms with E-state index >= 15 is 0 Å². The van der Waals surface area contributed by atoms with Crippen LogP contribution in [0.15, 0.2) is 29.2 Å². The highest BCUT2D eigenvalue weighted by atomic mass is 35.5. The molecule has 1 heterocycles. The van der Waals surface area contributed by atoms with Crippen molar-refractivity contribution in [1.82, 2.24) is 0 Å². The molecule has 142 valence electrons. The van der Waals surface area contributed by atoms with Gasteiger partial charge in [-0.1, -0.05) is 11.6 Å². The first-order valence-electron chi connectivity index (χ1n) is 7.68. The number of anilines is 1. The molecule has 0 fully saturated rings. The first-order valence-corrected chi connectivity index (χ1v) is 10.5. The maximum Gasteiger partial charge on any atom is 0.348 e. The smallest absolute Gasteiger partial charge is 0.348 e. The van der Waals surface area contributed by atoms with Crippen LogP contribution in [-0.4, -0.2) is 32.7 Å². The third-order valence-electron chi connectivity index (χ3n) is 3.47. The van der Waals surface area contributed by atoms with E-state index in [0.717, 1.165) is 11.3 Å². The number of benzene rings is 1. The average molecular weight is 427 g/mol. The molecule has 1 aromatic carbocycles. The lowest BCUT2D eigenvalue weighted by atomic mass is 10.2. The lowest BCUT2D eigenvalue weighted by molar-refractivity contribution is -0.113. The monoisotopic (exact) mass is 426 g/mol. The fourth-order valence-electron chi connectivity index (χ4n) is 2.19. The summed E-state index contributed by atoms with van der Waals surface area (Å²) in [6.07, 6.45) is 0. The molecular weight excluding hydrogens is 412 g/mol. The number of carbonyl (C=O) groups excluding carboxylic acids is 2. The van der Waals surface area contributed by atoms with Gasteiger partial charge in [-0.3, -0.25) is 4.79 Å². The van der Waals surface area contributed by atoms with Gasteiger partial charge in [-0.2, -0.15) is 5.26 Å². The molecule has 0 saturated heterocycles. The minimum absolute atomic E-state index is 0.0443. The molecule has 10 heteroatoms. The van der Waals surface area contributed by atoms with Gasteiger partial charge in [0.05, 0.1) is 17.1 Å². The van der Waals surface area contributed by atoms with Crippen molar-refractivity contribution in [2.75, 3.05) is 17.7 Å². The molecule has 0 aliphatic rings. The van der Waals surface area contributed by atoms with Crippen LogP contribution in [0.1, 0.15) is 27.7 Å². The molecule has 0 saturated carbocycles. The number of ether oxygens (including phenoxy) is 1. The second-order valence-corrected chi connectivity index (χ2v) is 8.80. The summed E-state index contributed by atoms with van der Waals surface area (Å²) in [5.41, 5.74) is 0.470. The van der Waals surface area contributed by atoms with Crippen LogP contribution in [0.25, 0.3) is 0 Å². The number of halogens is 1. The van der Waals surface area contributed by atoms with Crippen LogP contribution >= 0.6 is 22.9 Å². The van der Waals surface area contributed by atoms with Crippen molar-refractivity contribution < 1.29 is 22.7 Å². The van der Waals surface area contributed by atoms with Crippen molar-refractivity contribution in [3.05, 3.63) is 45.3 Å². The van der Waals surface area contributed by atoms with E-state index in [1.807, 2.05) is 6.07 Å². The van der Waals surface area contributed by atoms with Gasteiger partial charge in [-0.05, 0) is 43.7 Å². The Kier molecular flexibility index (Phi) is 6.59. The fourth-order valence-corrected chi connectivity index (χ4v) is 4.52. The number of esters is 1. The standard InChI is InChI=1S/C17H15ClN2O5S2/c1-3-25-17(22)15-10(2)13(8-19)16(26-15)20-14(21)9-27(23,24)12-6-4-11(18)5-7-12/h4-7H,3,9H2,1-2H3,(H,20,21). The minimum atomic E-state index is -3.88. The van der Waals surface area contributed by atoms with Crippen LogP contribution in [0.3, 0.4) is 0 Å². The molecule has 0 unspecified atom stereocenters. The van der Waals surface area contributed by atoms with Gasteiger partial charge < -0.3 is 10.1 Å². The zero-order chi connectivity index (χ0) is 20.2. The summed E-state index contributed by atoms with van der Waals surface area (Å²) in [5, 5.41) is 12.2. The van der Waals surface area contributed by atoms with Gasteiger partial charge in [0.1, 0.15) is 21.7 Å². The van der Waals surface area contributed by atoms with Gasteiger partial charge in [-0.25, -0.2) is 13.2 Å². The molecule has 1 N–H and O–H groups in total. The normalized spacial score (nSPS) is 10.9. The number of nitriles is 1. The Hall–Kier alpha value is -2.41. The van der Waals surface area contributed by atoms with E-state index in [1.165, 1.54) is 24.3 Å². The first kappa shape index (κ1) is 20.9. The van der Waals surface area contributed by atoms with E-state index in [4.69, 9.17) is 16.3 Å². The molecular formula is C17H15ClN2O5S2. The van der Waals surface area contributed by atoms with Gasteiger partial charge in [0.2, 0.25) is 5.91 Å². The molecule has 0 aliphatic carbocycles. The van der Waals surface area contributed by atoms with Crippen molar-refractivity contribution in [3.63, 3.8) is 0 Å². The Labute approximate surface area is 165 Å². The fraction of sp³-hybridized carbons (Fsp3) is 0.235. The maximum absolute atomic E-state index is 12.3. The van der Waals surface area contributed by atoms with E-state index in [1.54, 1.807) is 13.8 Å². The third kappa shape index (κ3) is 4.86. The van der Waals surface area contributed by atoms with Crippen molar-refractivity contribution in [1.29, 1.82) is 5.26 Å². The number of nitrogens with zero attached hydrogens (tertiary/aromatic N) is 1. The van der Waals surface area contributed by atoms with Crippen LogP contribution < -0.4 is 5.32 Å². The van der Waals surface area contributed by atoms with Crippen molar-refractivity contribution in [3.8, 4) is 6.07 Å². The predicted molar refractivity (Wildman–Crippen MR) is 102 cm³/mol. The molecule has 0 atom stereocenters. The van der Waals surface area contributed by atoms with Gasteiger partial charge >= 0.3 is 5.97 Å². The summed E-state index contributed by atoms with van der Waals surface area (Å²) in [5.74, 6) is -2.24. The SMILES string of the molecule is CCOC(=O)c1sc(NC(=O)CS(=O)(=O)c2ccc(Cl)cc2)c(C#N)c1C. The Morgan fingerprint density at radius 2 is 1.93 bits per heavy atom. The lowest BCUT2D eigenvalue weighted by Crippen LogP contribution is -2.23. The Bertz CT molecular complexity index is 1020. The minimum Gasteiger partial charge on any atom is -0.462 e. The van der Waals surface area contributed by atoms with Crippen LogP contribution in [0.2, 0.25) is 5.02 Å². The first-order chi connectivity index (χ1) is 12.7. The van der Waals surface area contributed by atoms with Gasteiger partial charge in [0, 0.05) is 5.02 Å². The molecule has 1 aromatic heterocycles. The number of carbonyl (C=O) groups is 2. The zero-order valence-electron chi connectivity index (χ0n) is 14.4. The second-order valence-electron chi connectivity index (χ2n) is 5.35. The van der Waals surface area contributed by atoms with E-state index in [2.05, 4.69) is 5.32 Å². The number of hydrogen-bond donors (Lipinski definition) is 1.